The Hall–Kier alpha value is -3.24. The number of fused-ring (bicyclic) bond motifs is 2. The van der Waals surface area contributed by atoms with Gasteiger partial charge in [-0.15, -0.1) is 0 Å². The largest absolute Gasteiger partial charge is 0.530 e. The predicted molar refractivity (Wildman–Crippen MR) is 162 cm³/mol. The predicted octanol–water partition coefficient (Wildman–Crippen LogP) is 7.32. The summed E-state index contributed by atoms with van der Waals surface area (Å²) >= 11 is 0. The highest BCUT2D eigenvalue weighted by Gasteiger charge is 2.40. The summed E-state index contributed by atoms with van der Waals surface area (Å²) in [6.45, 7) is 12.6. The summed E-state index contributed by atoms with van der Waals surface area (Å²) in [6, 6.07) is 12.6. The van der Waals surface area contributed by atoms with E-state index >= 15 is 0 Å². The number of benzene rings is 2. The van der Waals surface area contributed by atoms with Crippen molar-refractivity contribution in [3.05, 3.63) is 80.5 Å². The van der Waals surface area contributed by atoms with Crippen LogP contribution in [0.5, 0.6) is 11.5 Å². The van der Waals surface area contributed by atoms with Gasteiger partial charge in [-0.05, 0) is 49.2 Å². The third kappa shape index (κ3) is 7.69. The van der Waals surface area contributed by atoms with E-state index in [1.807, 2.05) is 41.5 Å². The van der Waals surface area contributed by atoms with Gasteiger partial charge in [-0.2, -0.15) is 0 Å². The third-order valence-electron chi connectivity index (χ3n) is 6.73. The fourth-order valence-corrected chi connectivity index (χ4v) is 7.39. The maximum Gasteiger partial charge on any atom is 0.530 e. The minimum absolute atomic E-state index is 0.204. The second-order valence-corrected chi connectivity index (χ2v) is 15.5. The number of hydrogen-bond acceptors (Lipinski definition) is 12. The monoisotopic (exact) mass is 648 g/mol. The van der Waals surface area contributed by atoms with Gasteiger partial charge in [-0.1, -0.05) is 27.7 Å². The molecular weight excluding hydrogens is 614 g/mol. The lowest BCUT2D eigenvalue weighted by Gasteiger charge is -2.32. The van der Waals surface area contributed by atoms with Crippen molar-refractivity contribution in [1.82, 2.24) is 0 Å². The van der Waals surface area contributed by atoms with Crippen LogP contribution in [0.25, 0.3) is 21.9 Å². The molecule has 12 nitrogen and oxygen atoms in total. The van der Waals surface area contributed by atoms with Crippen LogP contribution in [0.1, 0.15) is 38.8 Å². The molecule has 2 aliphatic heterocycles. The first-order valence-electron chi connectivity index (χ1n) is 13.8. The first kappa shape index (κ1) is 32.2. The Morgan fingerprint density at radius 2 is 0.932 bits per heavy atom. The molecule has 2 fully saturated rings. The highest BCUT2D eigenvalue weighted by Crippen LogP contribution is 2.55. The Balaban J connectivity index is 0.000000175. The van der Waals surface area contributed by atoms with E-state index in [1.165, 1.54) is 24.3 Å². The number of hydrogen-bond donors (Lipinski definition) is 0. The van der Waals surface area contributed by atoms with Gasteiger partial charge in [0.1, 0.15) is 22.7 Å². The lowest BCUT2D eigenvalue weighted by molar-refractivity contribution is 0.0178. The maximum atomic E-state index is 12.4. The molecule has 2 aromatic heterocycles. The number of phosphoric acid groups is 2. The summed E-state index contributed by atoms with van der Waals surface area (Å²) in [5, 5.41) is 1.58. The molecule has 0 spiro atoms. The Morgan fingerprint density at radius 3 is 1.27 bits per heavy atom. The van der Waals surface area contributed by atoms with Gasteiger partial charge in [0.25, 0.3) is 0 Å². The molecule has 0 amide bonds. The van der Waals surface area contributed by atoms with Crippen LogP contribution in [0.4, 0.5) is 0 Å². The molecule has 2 aliphatic rings. The average molecular weight is 649 g/mol. The van der Waals surface area contributed by atoms with E-state index in [0.29, 0.717) is 11.2 Å². The standard InChI is InChI=1S/2C15H17O6P/c2*1-10-6-14(16)20-13-7-11(4-5-12(10)13)21-22(17)18-8-15(2,3)9-19-22/h2*4-7H,8-9H2,1-3H3. The van der Waals surface area contributed by atoms with Gasteiger partial charge in [-0.25, -0.2) is 18.7 Å². The van der Waals surface area contributed by atoms with Crippen molar-refractivity contribution in [3.63, 3.8) is 0 Å². The van der Waals surface area contributed by atoms with Crippen molar-refractivity contribution in [3.8, 4) is 11.5 Å². The van der Waals surface area contributed by atoms with Gasteiger partial charge in [0.05, 0.1) is 26.4 Å². The SMILES string of the molecule is Cc1cc(=O)oc2cc(OP3(=O)OCC(C)(C)CO3)ccc12.Cc1cc(=O)oc2cc(OP3(=O)OCC(C)(C)CO3)ccc12. The van der Waals surface area contributed by atoms with E-state index < -0.39 is 26.9 Å². The minimum Gasteiger partial charge on any atom is -0.423 e. The highest BCUT2D eigenvalue weighted by molar-refractivity contribution is 7.49. The molecule has 236 valence electrons. The van der Waals surface area contributed by atoms with Gasteiger partial charge in [-0.3, -0.25) is 18.1 Å². The van der Waals surface area contributed by atoms with Gasteiger partial charge in [0.2, 0.25) is 0 Å². The van der Waals surface area contributed by atoms with Crippen LogP contribution in [0.2, 0.25) is 0 Å². The van der Waals surface area contributed by atoms with E-state index in [9.17, 15) is 18.7 Å². The van der Waals surface area contributed by atoms with Crippen molar-refractivity contribution in [2.45, 2.75) is 41.5 Å². The van der Waals surface area contributed by atoms with Crippen LogP contribution >= 0.6 is 15.6 Å². The van der Waals surface area contributed by atoms with Gasteiger partial charge in [0.15, 0.2) is 0 Å². The quantitative estimate of drug-likeness (QED) is 0.161. The fourth-order valence-electron chi connectivity index (χ4n) is 4.26. The molecule has 0 saturated carbocycles. The molecule has 0 aliphatic carbocycles. The van der Waals surface area contributed by atoms with Gasteiger partial charge < -0.3 is 17.9 Å². The lowest BCUT2D eigenvalue weighted by atomic mass is 9.97. The zero-order valence-electron chi connectivity index (χ0n) is 25.2. The molecule has 0 unspecified atom stereocenters. The van der Waals surface area contributed by atoms with Crippen LogP contribution in [-0.2, 0) is 27.2 Å². The van der Waals surface area contributed by atoms with E-state index in [1.54, 1.807) is 24.3 Å². The second-order valence-electron chi connectivity index (χ2n) is 12.3. The molecule has 4 heterocycles. The van der Waals surface area contributed by atoms with Crippen molar-refractivity contribution < 1.29 is 45.1 Å². The Kier molecular flexibility index (Phi) is 8.72. The first-order valence-corrected chi connectivity index (χ1v) is 16.7. The Labute approximate surface area is 253 Å². The highest BCUT2D eigenvalue weighted by atomic mass is 31.2. The summed E-state index contributed by atoms with van der Waals surface area (Å²) in [5.74, 6) is 0.536. The van der Waals surface area contributed by atoms with E-state index in [4.69, 9.17) is 36.0 Å². The molecule has 2 aromatic carbocycles. The average Bonchev–Trinajstić information content (AvgIpc) is 2.92. The van der Waals surface area contributed by atoms with E-state index in [2.05, 4.69) is 0 Å². The second kappa shape index (κ2) is 11.9. The van der Waals surface area contributed by atoms with Crippen LogP contribution in [-0.4, -0.2) is 26.4 Å². The number of rotatable bonds is 4. The molecule has 4 aromatic rings. The zero-order valence-corrected chi connectivity index (χ0v) is 27.0. The normalized spacial score (nSPS) is 20.0. The summed E-state index contributed by atoms with van der Waals surface area (Å²) in [4.78, 5) is 22.9. The lowest BCUT2D eigenvalue weighted by Crippen LogP contribution is -2.30. The Bertz CT molecular complexity index is 1760. The van der Waals surface area contributed by atoms with Crippen LogP contribution in [0, 0.1) is 24.7 Å². The van der Waals surface area contributed by atoms with Crippen molar-refractivity contribution in [1.29, 1.82) is 0 Å². The van der Waals surface area contributed by atoms with Crippen LogP contribution < -0.4 is 20.3 Å². The molecule has 0 bridgehead atoms. The Morgan fingerprint density at radius 1 is 0.591 bits per heavy atom. The van der Waals surface area contributed by atoms with Crippen LogP contribution in [0.15, 0.2) is 67.0 Å². The van der Waals surface area contributed by atoms with Crippen LogP contribution in [0.3, 0.4) is 0 Å². The molecule has 0 atom stereocenters. The molecule has 6 rings (SSSR count). The van der Waals surface area contributed by atoms with Gasteiger partial charge >= 0.3 is 26.9 Å². The number of aryl methyl sites for hydroxylation is 2. The third-order valence-corrected chi connectivity index (χ3v) is 9.38. The summed E-state index contributed by atoms with van der Waals surface area (Å²) in [7, 11) is -7.27. The van der Waals surface area contributed by atoms with Crippen molar-refractivity contribution in [2.24, 2.45) is 10.8 Å². The van der Waals surface area contributed by atoms with Crippen molar-refractivity contribution >= 4 is 37.6 Å². The molecule has 0 radical (unpaired) electrons. The summed E-state index contributed by atoms with van der Waals surface area (Å²) in [6.07, 6.45) is 0. The molecule has 2 saturated heterocycles. The summed E-state index contributed by atoms with van der Waals surface area (Å²) in [5.41, 5.74) is 1.04. The molecule has 0 N–H and O–H groups in total. The van der Waals surface area contributed by atoms with E-state index in [0.717, 1.165) is 21.9 Å². The smallest absolute Gasteiger partial charge is 0.423 e. The van der Waals surface area contributed by atoms with Gasteiger partial charge in [0, 0.05) is 45.9 Å². The zero-order chi connectivity index (χ0) is 31.9. The first-order chi connectivity index (χ1) is 20.5. The van der Waals surface area contributed by atoms with E-state index in [-0.39, 0.29) is 48.8 Å². The topological polar surface area (TPSA) is 150 Å². The maximum absolute atomic E-state index is 12.4. The minimum atomic E-state index is -3.64. The summed E-state index contributed by atoms with van der Waals surface area (Å²) < 4.78 is 66.9. The molecule has 14 heteroatoms. The molecular formula is C30H34O12P2. The fraction of sp³-hybridized carbons (Fsp3) is 0.400. The number of phosphoric ester groups is 2. The van der Waals surface area contributed by atoms with Crippen molar-refractivity contribution in [2.75, 3.05) is 26.4 Å². The molecule has 44 heavy (non-hydrogen) atoms.